The van der Waals surface area contributed by atoms with Crippen LogP contribution in [0.1, 0.15) is 52.4 Å². The third kappa shape index (κ3) is 2.54. The van der Waals surface area contributed by atoms with E-state index in [1.54, 1.807) is 0 Å². The lowest BCUT2D eigenvalue weighted by molar-refractivity contribution is 0.0605. The van der Waals surface area contributed by atoms with Crippen LogP contribution in [0.2, 0.25) is 0 Å². The number of hydrogen-bond acceptors (Lipinski definition) is 2. The highest BCUT2D eigenvalue weighted by molar-refractivity contribution is 4.89. The molecule has 0 radical (unpaired) electrons. The number of aliphatic hydroxyl groups is 1. The SMILES string of the molecule is CC(C)C1CCCCN1C1CCC(O)C1. The molecule has 0 bridgehead atoms. The summed E-state index contributed by atoms with van der Waals surface area (Å²) in [6.45, 7) is 5.95. The maximum absolute atomic E-state index is 9.63. The molecule has 0 amide bonds. The molecule has 1 heterocycles. The van der Waals surface area contributed by atoms with E-state index in [-0.39, 0.29) is 6.10 Å². The van der Waals surface area contributed by atoms with Gasteiger partial charge in [0.15, 0.2) is 0 Å². The van der Waals surface area contributed by atoms with Crippen molar-refractivity contribution in [3.8, 4) is 0 Å². The molecule has 2 rings (SSSR count). The Balaban J connectivity index is 1.98. The van der Waals surface area contributed by atoms with Crippen molar-refractivity contribution in [1.29, 1.82) is 0 Å². The highest BCUT2D eigenvalue weighted by Gasteiger charge is 2.34. The van der Waals surface area contributed by atoms with Crippen molar-refractivity contribution in [2.24, 2.45) is 5.92 Å². The zero-order chi connectivity index (χ0) is 10.8. The van der Waals surface area contributed by atoms with Gasteiger partial charge in [-0.3, -0.25) is 4.90 Å². The smallest absolute Gasteiger partial charge is 0.0555 e. The average molecular weight is 211 g/mol. The molecule has 0 spiro atoms. The Bertz CT molecular complexity index is 205. The van der Waals surface area contributed by atoms with Crippen LogP contribution in [0.3, 0.4) is 0 Å². The number of hydrogen-bond donors (Lipinski definition) is 1. The van der Waals surface area contributed by atoms with Gasteiger partial charge in [-0.15, -0.1) is 0 Å². The summed E-state index contributed by atoms with van der Waals surface area (Å²) in [4.78, 5) is 2.70. The van der Waals surface area contributed by atoms with Crippen molar-refractivity contribution in [3.63, 3.8) is 0 Å². The van der Waals surface area contributed by atoms with E-state index < -0.39 is 0 Å². The van der Waals surface area contributed by atoms with Gasteiger partial charge in [-0.2, -0.15) is 0 Å². The largest absolute Gasteiger partial charge is 0.393 e. The van der Waals surface area contributed by atoms with E-state index in [1.807, 2.05) is 0 Å². The van der Waals surface area contributed by atoms with Crippen molar-refractivity contribution in [3.05, 3.63) is 0 Å². The van der Waals surface area contributed by atoms with Crippen LogP contribution in [0, 0.1) is 5.92 Å². The van der Waals surface area contributed by atoms with Gasteiger partial charge in [0.05, 0.1) is 6.10 Å². The van der Waals surface area contributed by atoms with E-state index >= 15 is 0 Å². The lowest BCUT2D eigenvalue weighted by Gasteiger charge is -2.42. The molecule has 0 aromatic carbocycles. The highest BCUT2D eigenvalue weighted by Crippen LogP contribution is 2.32. The quantitative estimate of drug-likeness (QED) is 0.758. The Morgan fingerprint density at radius 3 is 2.53 bits per heavy atom. The Labute approximate surface area is 93.7 Å². The summed E-state index contributed by atoms with van der Waals surface area (Å²) in [6, 6.07) is 1.45. The Morgan fingerprint density at radius 2 is 1.93 bits per heavy atom. The summed E-state index contributed by atoms with van der Waals surface area (Å²) < 4.78 is 0. The molecule has 2 heteroatoms. The first-order valence-electron chi connectivity index (χ1n) is 6.62. The van der Waals surface area contributed by atoms with Crippen LogP contribution in [0.25, 0.3) is 0 Å². The van der Waals surface area contributed by atoms with E-state index in [9.17, 15) is 5.11 Å². The fraction of sp³-hybridized carbons (Fsp3) is 1.00. The molecule has 0 aromatic heterocycles. The van der Waals surface area contributed by atoms with Crippen LogP contribution in [0.4, 0.5) is 0 Å². The molecule has 3 unspecified atom stereocenters. The minimum atomic E-state index is -0.0234. The van der Waals surface area contributed by atoms with Crippen molar-refractivity contribution in [2.75, 3.05) is 6.54 Å². The monoisotopic (exact) mass is 211 g/mol. The van der Waals surface area contributed by atoms with Gasteiger partial charge >= 0.3 is 0 Å². The molecular formula is C13H25NO. The first-order chi connectivity index (χ1) is 7.18. The fourth-order valence-corrected chi connectivity index (χ4v) is 3.38. The van der Waals surface area contributed by atoms with Gasteiger partial charge in [-0.05, 0) is 44.6 Å². The molecule has 2 fully saturated rings. The molecule has 1 saturated heterocycles. The van der Waals surface area contributed by atoms with E-state index in [0.29, 0.717) is 6.04 Å². The molecule has 1 saturated carbocycles. The number of aliphatic hydroxyl groups excluding tert-OH is 1. The topological polar surface area (TPSA) is 23.5 Å². The predicted molar refractivity (Wildman–Crippen MR) is 62.8 cm³/mol. The molecule has 0 aromatic rings. The molecule has 1 N–H and O–H groups in total. The number of piperidine rings is 1. The van der Waals surface area contributed by atoms with Gasteiger partial charge in [0.1, 0.15) is 0 Å². The van der Waals surface area contributed by atoms with Gasteiger partial charge in [0.2, 0.25) is 0 Å². The number of nitrogens with zero attached hydrogens (tertiary/aromatic N) is 1. The molecular weight excluding hydrogens is 186 g/mol. The predicted octanol–water partition coefficient (Wildman–Crippen LogP) is 2.41. The van der Waals surface area contributed by atoms with Crippen molar-refractivity contribution in [2.45, 2.75) is 70.6 Å². The molecule has 88 valence electrons. The molecule has 2 nitrogen and oxygen atoms in total. The number of likely N-dealkylation sites (tertiary alicyclic amines) is 1. The van der Waals surface area contributed by atoms with Crippen LogP contribution < -0.4 is 0 Å². The van der Waals surface area contributed by atoms with Crippen LogP contribution in [-0.2, 0) is 0 Å². The number of rotatable bonds is 2. The summed E-state index contributed by atoms with van der Waals surface area (Å²) in [7, 11) is 0. The first-order valence-corrected chi connectivity index (χ1v) is 6.62. The zero-order valence-electron chi connectivity index (χ0n) is 10.2. The molecule has 1 aliphatic carbocycles. The van der Waals surface area contributed by atoms with Gasteiger partial charge < -0.3 is 5.11 Å². The lowest BCUT2D eigenvalue weighted by Crippen LogP contribution is -2.47. The second kappa shape index (κ2) is 4.84. The summed E-state index contributed by atoms with van der Waals surface area (Å²) in [5.41, 5.74) is 0. The van der Waals surface area contributed by atoms with Crippen molar-refractivity contribution in [1.82, 2.24) is 4.90 Å². The highest BCUT2D eigenvalue weighted by atomic mass is 16.3. The maximum Gasteiger partial charge on any atom is 0.0555 e. The molecule has 2 aliphatic rings. The second-order valence-corrected chi connectivity index (χ2v) is 5.67. The summed E-state index contributed by atoms with van der Waals surface area (Å²) >= 11 is 0. The molecule has 1 aliphatic heterocycles. The Kier molecular flexibility index (Phi) is 3.68. The zero-order valence-corrected chi connectivity index (χ0v) is 10.2. The molecule has 15 heavy (non-hydrogen) atoms. The minimum Gasteiger partial charge on any atom is -0.393 e. The van der Waals surface area contributed by atoms with Crippen LogP contribution in [0.15, 0.2) is 0 Å². The van der Waals surface area contributed by atoms with Gasteiger partial charge in [0, 0.05) is 12.1 Å². The van der Waals surface area contributed by atoms with Crippen molar-refractivity contribution >= 4 is 0 Å². The Morgan fingerprint density at radius 1 is 1.13 bits per heavy atom. The third-order valence-electron chi connectivity index (χ3n) is 4.21. The summed E-state index contributed by atoms with van der Waals surface area (Å²) in [5, 5.41) is 9.63. The normalized spacial score (nSPS) is 38.8. The second-order valence-electron chi connectivity index (χ2n) is 5.67. The Hall–Kier alpha value is -0.0800. The van der Waals surface area contributed by atoms with Crippen LogP contribution in [-0.4, -0.2) is 34.7 Å². The van der Waals surface area contributed by atoms with Gasteiger partial charge in [0.25, 0.3) is 0 Å². The van der Waals surface area contributed by atoms with E-state index in [4.69, 9.17) is 0 Å². The van der Waals surface area contributed by atoms with Crippen molar-refractivity contribution < 1.29 is 5.11 Å². The van der Waals surface area contributed by atoms with Gasteiger partial charge in [-0.1, -0.05) is 20.3 Å². The fourth-order valence-electron chi connectivity index (χ4n) is 3.38. The van der Waals surface area contributed by atoms with E-state index in [0.717, 1.165) is 24.8 Å². The summed E-state index contributed by atoms with van der Waals surface area (Å²) in [6.07, 6.45) is 7.35. The third-order valence-corrected chi connectivity index (χ3v) is 4.21. The average Bonchev–Trinajstić information content (AvgIpc) is 2.65. The van der Waals surface area contributed by atoms with E-state index in [2.05, 4.69) is 18.7 Å². The lowest BCUT2D eigenvalue weighted by atomic mass is 9.91. The van der Waals surface area contributed by atoms with Crippen LogP contribution >= 0.6 is 0 Å². The van der Waals surface area contributed by atoms with Crippen LogP contribution in [0.5, 0.6) is 0 Å². The summed E-state index contributed by atoms with van der Waals surface area (Å²) in [5.74, 6) is 0.767. The van der Waals surface area contributed by atoms with E-state index in [1.165, 1.54) is 32.2 Å². The standard InChI is InChI=1S/C13H25NO/c1-10(2)13-5-3-4-8-14(13)11-6-7-12(15)9-11/h10-13,15H,3-9H2,1-2H3. The maximum atomic E-state index is 9.63. The van der Waals surface area contributed by atoms with Gasteiger partial charge in [-0.25, -0.2) is 0 Å². The minimum absolute atomic E-state index is 0.0234. The first kappa shape index (κ1) is 11.4. The molecule has 3 atom stereocenters.